The third-order valence-electron chi connectivity index (χ3n) is 0.889. The van der Waals surface area contributed by atoms with Crippen molar-refractivity contribution < 1.29 is 19.8 Å². The maximum atomic E-state index is 10.4. The molecule has 0 fully saturated rings. The Morgan fingerprint density at radius 2 is 1.90 bits per heavy atom. The van der Waals surface area contributed by atoms with Crippen molar-refractivity contribution in [3.05, 3.63) is 12.2 Å². The maximum absolute atomic E-state index is 10.4. The van der Waals surface area contributed by atoms with Gasteiger partial charge in [0.05, 0.1) is 0 Å². The van der Waals surface area contributed by atoms with Crippen LogP contribution < -0.4 is 0 Å². The van der Waals surface area contributed by atoms with Crippen LogP contribution in [-0.2, 0) is 9.59 Å². The zero-order valence-electron chi connectivity index (χ0n) is 5.33. The van der Waals surface area contributed by atoms with Crippen molar-refractivity contribution >= 4 is 11.8 Å². The van der Waals surface area contributed by atoms with Gasteiger partial charge in [0.2, 0.25) is 0 Å². The van der Waals surface area contributed by atoms with Crippen molar-refractivity contribution in [3.8, 4) is 0 Å². The molecule has 4 nitrogen and oxygen atoms in total. The number of carbonyl (C=O) groups is 2. The Balaban J connectivity index is 3.80. The molecular weight excluding hydrogens is 136 g/mol. The fourth-order valence-electron chi connectivity index (χ4n) is 0.370. The van der Waals surface area contributed by atoms with Crippen molar-refractivity contribution in [2.24, 2.45) is 0 Å². The first kappa shape index (κ1) is 8.84. The Bertz CT molecular complexity index is 171. The minimum Gasteiger partial charge on any atom is -0.478 e. The van der Waals surface area contributed by atoms with Gasteiger partial charge in [-0.25, -0.2) is 4.79 Å². The van der Waals surface area contributed by atoms with E-state index in [2.05, 4.69) is 6.58 Å². The highest BCUT2D eigenvalue weighted by atomic mass is 16.4. The standard InChI is InChI=1S/C6H8O4/c1-4(6(9)10)2-5(8)3-7/h7H,1-3H2,(H,9,10). The van der Waals surface area contributed by atoms with E-state index in [1.165, 1.54) is 0 Å². The highest BCUT2D eigenvalue weighted by Crippen LogP contribution is 1.97. The summed E-state index contributed by atoms with van der Waals surface area (Å²) in [5.74, 6) is -1.74. The molecule has 10 heavy (non-hydrogen) atoms. The zero-order chi connectivity index (χ0) is 8.15. The molecule has 56 valence electrons. The van der Waals surface area contributed by atoms with Crippen LogP contribution in [0.15, 0.2) is 12.2 Å². The summed E-state index contributed by atoms with van der Waals surface area (Å²) in [6, 6.07) is 0. The van der Waals surface area contributed by atoms with E-state index in [0.29, 0.717) is 0 Å². The number of hydrogen-bond acceptors (Lipinski definition) is 3. The van der Waals surface area contributed by atoms with Crippen LogP contribution in [0.5, 0.6) is 0 Å². The minimum atomic E-state index is -1.21. The summed E-state index contributed by atoms with van der Waals surface area (Å²) in [6.45, 7) is 2.48. The molecule has 0 aliphatic heterocycles. The van der Waals surface area contributed by atoms with E-state index in [1.54, 1.807) is 0 Å². The third-order valence-corrected chi connectivity index (χ3v) is 0.889. The van der Waals surface area contributed by atoms with Gasteiger partial charge in [0.15, 0.2) is 5.78 Å². The van der Waals surface area contributed by atoms with Gasteiger partial charge in [0.25, 0.3) is 0 Å². The summed E-state index contributed by atoms with van der Waals surface area (Å²) < 4.78 is 0. The lowest BCUT2D eigenvalue weighted by Crippen LogP contribution is -2.09. The topological polar surface area (TPSA) is 74.6 Å². The van der Waals surface area contributed by atoms with Crippen LogP contribution >= 0.6 is 0 Å². The number of Topliss-reactive ketones (excluding diaryl/α,β-unsaturated/α-hetero) is 1. The Morgan fingerprint density at radius 1 is 1.40 bits per heavy atom. The number of ketones is 1. The second kappa shape index (κ2) is 3.79. The van der Waals surface area contributed by atoms with E-state index in [0.717, 1.165) is 0 Å². The largest absolute Gasteiger partial charge is 0.478 e. The fourth-order valence-corrected chi connectivity index (χ4v) is 0.370. The molecule has 0 aromatic heterocycles. The van der Waals surface area contributed by atoms with Gasteiger partial charge in [0.1, 0.15) is 6.61 Å². The molecule has 0 aromatic carbocycles. The average molecular weight is 144 g/mol. The van der Waals surface area contributed by atoms with Crippen molar-refractivity contribution in [1.82, 2.24) is 0 Å². The minimum absolute atomic E-state index is 0.195. The summed E-state index contributed by atoms with van der Waals surface area (Å²) in [5.41, 5.74) is -0.195. The van der Waals surface area contributed by atoms with Crippen LogP contribution in [0.25, 0.3) is 0 Å². The van der Waals surface area contributed by atoms with Gasteiger partial charge in [-0.2, -0.15) is 0 Å². The molecule has 4 heteroatoms. The number of aliphatic hydroxyl groups is 1. The molecule has 0 bridgehead atoms. The number of aliphatic hydroxyl groups excluding tert-OH is 1. The van der Waals surface area contributed by atoms with Gasteiger partial charge in [0, 0.05) is 12.0 Å². The molecule has 0 aliphatic rings. The first-order valence-electron chi connectivity index (χ1n) is 2.61. The smallest absolute Gasteiger partial charge is 0.331 e. The molecule has 0 amide bonds. The summed E-state index contributed by atoms with van der Waals surface area (Å²) in [5, 5.41) is 16.4. The first-order chi connectivity index (χ1) is 4.57. The van der Waals surface area contributed by atoms with E-state index in [-0.39, 0.29) is 12.0 Å². The Kier molecular flexibility index (Phi) is 3.35. The summed E-state index contributed by atoms with van der Waals surface area (Å²) in [6.07, 6.45) is -0.286. The normalized spacial score (nSPS) is 8.90. The molecule has 0 heterocycles. The Labute approximate surface area is 57.8 Å². The van der Waals surface area contributed by atoms with Crippen LogP contribution in [-0.4, -0.2) is 28.6 Å². The number of carboxylic acids is 1. The molecule has 0 aromatic rings. The van der Waals surface area contributed by atoms with Crippen molar-refractivity contribution in [2.75, 3.05) is 6.61 Å². The second-order valence-corrected chi connectivity index (χ2v) is 1.78. The Hall–Kier alpha value is -1.16. The maximum Gasteiger partial charge on any atom is 0.331 e. The van der Waals surface area contributed by atoms with Crippen molar-refractivity contribution in [2.45, 2.75) is 6.42 Å². The van der Waals surface area contributed by atoms with Gasteiger partial charge in [-0.05, 0) is 0 Å². The lowest BCUT2D eigenvalue weighted by atomic mass is 10.1. The second-order valence-electron chi connectivity index (χ2n) is 1.78. The van der Waals surface area contributed by atoms with Crippen LogP contribution in [0, 0.1) is 0 Å². The molecule has 2 N–H and O–H groups in total. The highest BCUT2D eigenvalue weighted by Gasteiger charge is 2.08. The number of aliphatic carboxylic acids is 1. The average Bonchev–Trinajstić information content (AvgIpc) is 1.87. The number of carbonyl (C=O) groups excluding carboxylic acids is 1. The predicted octanol–water partition coefficient (Wildman–Crippen LogP) is -0.421. The molecule has 0 radical (unpaired) electrons. The van der Waals surface area contributed by atoms with Crippen molar-refractivity contribution in [3.63, 3.8) is 0 Å². The molecule has 0 unspecified atom stereocenters. The van der Waals surface area contributed by atoms with E-state index < -0.39 is 18.4 Å². The van der Waals surface area contributed by atoms with E-state index >= 15 is 0 Å². The van der Waals surface area contributed by atoms with Crippen LogP contribution in [0.4, 0.5) is 0 Å². The molecule has 0 rings (SSSR count). The summed E-state index contributed by atoms with van der Waals surface area (Å²) in [4.78, 5) is 20.4. The van der Waals surface area contributed by atoms with E-state index in [1.807, 2.05) is 0 Å². The SMILES string of the molecule is C=C(CC(=O)CO)C(=O)O. The number of hydrogen-bond donors (Lipinski definition) is 2. The van der Waals surface area contributed by atoms with Gasteiger partial charge in [-0.3, -0.25) is 4.79 Å². The van der Waals surface area contributed by atoms with E-state index in [4.69, 9.17) is 10.2 Å². The lowest BCUT2D eigenvalue weighted by Gasteiger charge is -1.94. The molecule has 0 spiro atoms. The fraction of sp³-hybridized carbons (Fsp3) is 0.333. The molecule has 0 saturated heterocycles. The number of rotatable bonds is 4. The summed E-state index contributed by atoms with van der Waals surface area (Å²) >= 11 is 0. The molecule has 0 aliphatic carbocycles. The molecule has 0 saturated carbocycles. The number of carboxylic acid groups (broad SMARTS) is 1. The zero-order valence-corrected chi connectivity index (χ0v) is 5.33. The summed E-state index contributed by atoms with van der Waals surface area (Å²) in [7, 11) is 0. The van der Waals surface area contributed by atoms with Crippen LogP contribution in [0.3, 0.4) is 0 Å². The predicted molar refractivity (Wildman–Crippen MR) is 33.5 cm³/mol. The van der Waals surface area contributed by atoms with Crippen LogP contribution in [0.1, 0.15) is 6.42 Å². The van der Waals surface area contributed by atoms with Gasteiger partial charge in [-0.15, -0.1) is 0 Å². The molecule has 0 atom stereocenters. The quantitative estimate of drug-likeness (QED) is 0.525. The van der Waals surface area contributed by atoms with Gasteiger partial charge in [-0.1, -0.05) is 6.58 Å². The lowest BCUT2D eigenvalue weighted by molar-refractivity contribution is -0.134. The first-order valence-corrected chi connectivity index (χ1v) is 2.61. The highest BCUT2D eigenvalue weighted by molar-refractivity contribution is 5.94. The third kappa shape index (κ3) is 2.99. The monoisotopic (exact) mass is 144 g/mol. The molecular formula is C6H8O4. The van der Waals surface area contributed by atoms with Crippen molar-refractivity contribution in [1.29, 1.82) is 0 Å². The Morgan fingerprint density at radius 3 is 2.20 bits per heavy atom. The van der Waals surface area contributed by atoms with E-state index in [9.17, 15) is 9.59 Å². The van der Waals surface area contributed by atoms with Gasteiger partial charge < -0.3 is 10.2 Å². The van der Waals surface area contributed by atoms with Crippen LogP contribution in [0.2, 0.25) is 0 Å². The van der Waals surface area contributed by atoms with Gasteiger partial charge >= 0.3 is 5.97 Å².